The molecule has 90 valence electrons. The van der Waals surface area contributed by atoms with Crippen LogP contribution in [0.5, 0.6) is 0 Å². The minimum absolute atomic E-state index is 0.746. The summed E-state index contributed by atoms with van der Waals surface area (Å²) in [6.07, 6.45) is 5.43. The predicted octanol–water partition coefficient (Wildman–Crippen LogP) is 2.34. The molecular weight excluding hydrogens is 220 g/mol. The van der Waals surface area contributed by atoms with Gasteiger partial charge in [0.05, 0.1) is 0 Å². The lowest BCUT2D eigenvalue weighted by atomic mass is 10.2. The summed E-state index contributed by atoms with van der Waals surface area (Å²) in [4.78, 5) is 2.42. The SMILES string of the molecule is CCNc1snnc1CN(C)C1CCCC1. The van der Waals surface area contributed by atoms with Crippen LogP contribution >= 0.6 is 11.5 Å². The highest BCUT2D eigenvalue weighted by atomic mass is 32.1. The zero-order valence-corrected chi connectivity index (χ0v) is 10.9. The summed E-state index contributed by atoms with van der Waals surface area (Å²) < 4.78 is 4.02. The van der Waals surface area contributed by atoms with Crippen molar-refractivity contribution in [3.63, 3.8) is 0 Å². The monoisotopic (exact) mass is 240 g/mol. The Hall–Kier alpha value is -0.680. The number of anilines is 1. The largest absolute Gasteiger partial charge is 0.374 e. The first kappa shape index (κ1) is 11.8. The van der Waals surface area contributed by atoms with Crippen LogP contribution in [0.2, 0.25) is 0 Å². The lowest BCUT2D eigenvalue weighted by Crippen LogP contribution is -2.29. The zero-order chi connectivity index (χ0) is 11.4. The maximum absolute atomic E-state index is 4.21. The van der Waals surface area contributed by atoms with Crippen LogP contribution in [0, 0.1) is 0 Å². The number of nitrogens with one attached hydrogen (secondary N) is 1. The van der Waals surface area contributed by atoms with E-state index in [9.17, 15) is 0 Å². The Labute approximate surface area is 101 Å². The Balaban J connectivity index is 1.94. The topological polar surface area (TPSA) is 41.1 Å². The van der Waals surface area contributed by atoms with E-state index in [1.807, 2.05) is 0 Å². The highest BCUT2D eigenvalue weighted by molar-refractivity contribution is 7.10. The van der Waals surface area contributed by atoms with Crippen molar-refractivity contribution in [3.8, 4) is 0 Å². The lowest BCUT2D eigenvalue weighted by Gasteiger charge is -2.23. The molecule has 0 amide bonds. The molecule has 0 spiro atoms. The third-order valence-corrected chi connectivity index (χ3v) is 3.97. The van der Waals surface area contributed by atoms with E-state index >= 15 is 0 Å². The Morgan fingerprint density at radius 2 is 2.19 bits per heavy atom. The van der Waals surface area contributed by atoms with Crippen LogP contribution in [-0.2, 0) is 6.54 Å². The van der Waals surface area contributed by atoms with Crippen molar-refractivity contribution >= 4 is 16.5 Å². The molecule has 1 N–H and O–H groups in total. The third-order valence-electron chi connectivity index (χ3n) is 3.24. The second-order valence-corrected chi connectivity index (χ2v) is 5.19. The van der Waals surface area contributed by atoms with Crippen molar-refractivity contribution in [2.45, 2.75) is 45.2 Å². The van der Waals surface area contributed by atoms with E-state index in [1.165, 1.54) is 37.2 Å². The van der Waals surface area contributed by atoms with Gasteiger partial charge in [-0.3, -0.25) is 4.90 Å². The molecule has 0 saturated heterocycles. The molecule has 0 atom stereocenters. The Bertz CT molecular complexity index is 320. The molecule has 0 aromatic carbocycles. The standard InChI is InChI=1S/C11H20N4S/c1-3-12-11-10(13-14-16-11)8-15(2)9-6-4-5-7-9/h9,12H,3-8H2,1-2H3. The number of nitrogens with zero attached hydrogens (tertiary/aromatic N) is 3. The van der Waals surface area contributed by atoms with Crippen molar-refractivity contribution in [1.82, 2.24) is 14.5 Å². The fraction of sp³-hybridized carbons (Fsp3) is 0.818. The fourth-order valence-electron chi connectivity index (χ4n) is 2.32. The minimum Gasteiger partial charge on any atom is -0.374 e. The van der Waals surface area contributed by atoms with E-state index in [4.69, 9.17) is 0 Å². The summed E-state index contributed by atoms with van der Waals surface area (Å²) in [5.74, 6) is 0. The molecule has 1 fully saturated rings. The summed E-state index contributed by atoms with van der Waals surface area (Å²) in [5, 5.41) is 8.66. The normalized spacial score (nSPS) is 17.2. The van der Waals surface area contributed by atoms with Crippen LogP contribution in [-0.4, -0.2) is 34.1 Å². The van der Waals surface area contributed by atoms with Gasteiger partial charge in [0.25, 0.3) is 0 Å². The van der Waals surface area contributed by atoms with Crippen molar-refractivity contribution in [3.05, 3.63) is 5.69 Å². The van der Waals surface area contributed by atoms with E-state index in [-0.39, 0.29) is 0 Å². The molecule has 2 rings (SSSR count). The van der Waals surface area contributed by atoms with E-state index in [2.05, 4.69) is 33.8 Å². The van der Waals surface area contributed by atoms with Crippen molar-refractivity contribution in [1.29, 1.82) is 0 Å². The Morgan fingerprint density at radius 3 is 2.88 bits per heavy atom. The molecule has 0 aliphatic heterocycles. The molecule has 1 aromatic heterocycles. The molecule has 0 unspecified atom stereocenters. The van der Waals surface area contributed by atoms with Gasteiger partial charge >= 0.3 is 0 Å². The van der Waals surface area contributed by atoms with Gasteiger partial charge in [-0.2, -0.15) is 0 Å². The lowest BCUT2D eigenvalue weighted by molar-refractivity contribution is 0.235. The summed E-state index contributed by atoms with van der Waals surface area (Å²) >= 11 is 1.46. The van der Waals surface area contributed by atoms with Gasteiger partial charge in [-0.1, -0.05) is 17.3 Å². The maximum Gasteiger partial charge on any atom is 0.134 e. The predicted molar refractivity (Wildman–Crippen MR) is 67.8 cm³/mol. The summed E-state index contributed by atoms with van der Waals surface area (Å²) in [6.45, 7) is 3.96. The van der Waals surface area contributed by atoms with E-state index in [0.29, 0.717) is 0 Å². The first-order valence-corrected chi connectivity index (χ1v) is 6.84. The molecule has 1 heterocycles. The number of hydrogen-bond donors (Lipinski definition) is 1. The first-order valence-electron chi connectivity index (χ1n) is 6.06. The number of rotatable bonds is 5. The average molecular weight is 240 g/mol. The Kier molecular flexibility index (Phi) is 4.12. The van der Waals surface area contributed by atoms with Gasteiger partial charge in [0.15, 0.2) is 0 Å². The molecule has 5 heteroatoms. The summed E-state index contributed by atoms with van der Waals surface area (Å²) in [6, 6.07) is 0.746. The highest BCUT2D eigenvalue weighted by Gasteiger charge is 2.21. The van der Waals surface area contributed by atoms with Crippen LogP contribution in [0.15, 0.2) is 0 Å². The molecule has 0 bridgehead atoms. The second kappa shape index (κ2) is 5.59. The van der Waals surface area contributed by atoms with Gasteiger partial charge in [-0.15, -0.1) is 5.10 Å². The van der Waals surface area contributed by atoms with Crippen LogP contribution in [0.1, 0.15) is 38.3 Å². The molecule has 4 nitrogen and oxygen atoms in total. The van der Waals surface area contributed by atoms with Crippen molar-refractivity contribution in [2.24, 2.45) is 0 Å². The van der Waals surface area contributed by atoms with Crippen LogP contribution < -0.4 is 5.32 Å². The van der Waals surface area contributed by atoms with Crippen LogP contribution in [0.4, 0.5) is 5.00 Å². The molecule has 16 heavy (non-hydrogen) atoms. The zero-order valence-electron chi connectivity index (χ0n) is 10.1. The number of hydrogen-bond acceptors (Lipinski definition) is 5. The first-order chi connectivity index (χ1) is 7.81. The van der Waals surface area contributed by atoms with Crippen molar-refractivity contribution < 1.29 is 0 Å². The van der Waals surface area contributed by atoms with Gasteiger partial charge in [0.2, 0.25) is 0 Å². The fourth-order valence-corrected chi connectivity index (χ4v) is 2.96. The quantitative estimate of drug-likeness (QED) is 0.857. The van der Waals surface area contributed by atoms with Crippen LogP contribution in [0.25, 0.3) is 0 Å². The smallest absolute Gasteiger partial charge is 0.134 e. The highest BCUT2D eigenvalue weighted by Crippen LogP contribution is 2.25. The molecule has 1 aromatic rings. The molecule has 1 aliphatic rings. The average Bonchev–Trinajstić information content (AvgIpc) is 2.90. The van der Waals surface area contributed by atoms with Gasteiger partial charge in [0.1, 0.15) is 10.7 Å². The van der Waals surface area contributed by atoms with Gasteiger partial charge in [0, 0.05) is 30.7 Å². The maximum atomic E-state index is 4.21. The minimum atomic E-state index is 0.746. The van der Waals surface area contributed by atoms with Crippen molar-refractivity contribution in [2.75, 3.05) is 18.9 Å². The molecule has 0 radical (unpaired) electrons. The van der Waals surface area contributed by atoms with Crippen LogP contribution in [0.3, 0.4) is 0 Å². The van der Waals surface area contributed by atoms with Gasteiger partial charge < -0.3 is 5.32 Å². The summed E-state index contributed by atoms with van der Waals surface area (Å²) in [7, 11) is 2.20. The molecule has 1 saturated carbocycles. The summed E-state index contributed by atoms with van der Waals surface area (Å²) in [5.41, 5.74) is 1.10. The third kappa shape index (κ3) is 2.71. The van der Waals surface area contributed by atoms with Gasteiger partial charge in [-0.25, -0.2) is 0 Å². The van der Waals surface area contributed by atoms with Gasteiger partial charge in [-0.05, 0) is 26.8 Å². The van der Waals surface area contributed by atoms with E-state index < -0.39 is 0 Å². The Morgan fingerprint density at radius 1 is 1.44 bits per heavy atom. The molecular formula is C11H20N4S. The van der Waals surface area contributed by atoms with E-state index in [1.54, 1.807) is 0 Å². The number of aromatic nitrogens is 2. The van der Waals surface area contributed by atoms with E-state index in [0.717, 1.165) is 29.8 Å². The molecule has 1 aliphatic carbocycles. The second-order valence-electron chi connectivity index (χ2n) is 4.43.